The molecule has 2 unspecified atom stereocenters. The minimum Gasteiger partial charge on any atom is -0.381 e. The summed E-state index contributed by atoms with van der Waals surface area (Å²) in [5.74, 6) is 1.45. The quantitative estimate of drug-likeness (QED) is 0.852. The van der Waals surface area contributed by atoms with E-state index in [2.05, 4.69) is 9.55 Å². The monoisotopic (exact) mass is 287 g/mol. The second-order valence-corrected chi connectivity index (χ2v) is 5.92. The molecule has 5 heteroatoms. The molecule has 2 aromatic heterocycles. The van der Waals surface area contributed by atoms with E-state index < -0.39 is 0 Å². The summed E-state index contributed by atoms with van der Waals surface area (Å²) < 4.78 is 13.9. The van der Waals surface area contributed by atoms with Crippen LogP contribution in [0.1, 0.15) is 50.1 Å². The summed E-state index contributed by atoms with van der Waals surface area (Å²) >= 11 is 0. The van der Waals surface area contributed by atoms with E-state index in [0.29, 0.717) is 5.92 Å². The molecule has 0 saturated carbocycles. The van der Waals surface area contributed by atoms with Crippen LogP contribution in [0.4, 0.5) is 0 Å². The van der Waals surface area contributed by atoms with Gasteiger partial charge in [-0.15, -0.1) is 0 Å². The Morgan fingerprint density at radius 2 is 2.14 bits per heavy atom. The van der Waals surface area contributed by atoms with Crippen molar-refractivity contribution in [2.24, 2.45) is 0 Å². The van der Waals surface area contributed by atoms with Gasteiger partial charge in [0.15, 0.2) is 5.65 Å². The van der Waals surface area contributed by atoms with Gasteiger partial charge >= 0.3 is 0 Å². The van der Waals surface area contributed by atoms with Crippen molar-refractivity contribution in [3.8, 4) is 0 Å². The number of rotatable bonds is 2. The molecule has 5 nitrogen and oxygen atoms in total. The van der Waals surface area contributed by atoms with E-state index >= 15 is 0 Å². The van der Waals surface area contributed by atoms with E-state index in [-0.39, 0.29) is 6.23 Å². The first-order valence-corrected chi connectivity index (χ1v) is 7.95. The van der Waals surface area contributed by atoms with Crippen molar-refractivity contribution in [1.82, 2.24) is 14.5 Å². The fraction of sp³-hybridized carbons (Fsp3) is 0.625. The molecule has 2 aliphatic rings. The number of imidazole rings is 1. The molecule has 4 heterocycles. The molecule has 2 saturated heterocycles. The molecule has 0 amide bonds. The smallest absolute Gasteiger partial charge is 0.162 e. The zero-order valence-corrected chi connectivity index (χ0v) is 12.2. The first-order valence-electron chi connectivity index (χ1n) is 7.95. The maximum atomic E-state index is 6.00. The van der Waals surface area contributed by atoms with Crippen molar-refractivity contribution in [3.63, 3.8) is 0 Å². The lowest BCUT2D eigenvalue weighted by atomic mass is 10.0. The van der Waals surface area contributed by atoms with Crippen molar-refractivity contribution in [2.75, 3.05) is 19.8 Å². The molecule has 4 rings (SSSR count). The lowest BCUT2D eigenvalue weighted by molar-refractivity contribution is -0.0335. The van der Waals surface area contributed by atoms with Crippen LogP contribution < -0.4 is 0 Å². The number of hydrogen-bond donors (Lipinski definition) is 0. The van der Waals surface area contributed by atoms with E-state index in [1.54, 1.807) is 0 Å². The minimum atomic E-state index is 0.0792. The van der Waals surface area contributed by atoms with Gasteiger partial charge in [0.25, 0.3) is 0 Å². The van der Waals surface area contributed by atoms with Crippen molar-refractivity contribution < 1.29 is 9.47 Å². The van der Waals surface area contributed by atoms with Gasteiger partial charge in [0, 0.05) is 25.3 Å². The Kier molecular flexibility index (Phi) is 3.61. The maximum absolute atomic E-state index is 6.00. The molecule has 0 aromatic carbocycles. The third-order valence-corrected chi connectivity index (χ3v) is 4.45. The van der Waals surface area contributed by atoms with Gasteiger partial charge < -0.3 is 9.47 Å². The number of nitrogens with zero attached hydrogens (tertiary/aromatic N) is 3. The Morgan fingerprint density at radius 3 is 2.95 bits per heavy atom. The van der Waals surface area contributed by atoms with E-state index in [1.165, 1.54) is 6.42 Å². The number of fused-ring (bicyclic) bond motifs is 1. The molecule has 2 aromatic rings. The Hall–Kier alpha value is -1.46. The molecule has 0 bridgehead atoms. The normalized spacial score (nSPS) is 27.0. The number of pyridine rings is 1. The van der Waals surface area contributed by atoms with Crippen LogP contribution in [0, 0.1) is 0 Å². The third kappa shape index (κ3) is 2.45. The van der Waals surface area contributed by atoms with E-state index in [1.807, 2.05) is 18.3 Å². The van der Waals surface area contributed by atoms with Crippen LogP contribution in [0.3, 0.4) is 0 Å². The van der Waals surface area contributed by atoms with Gasteiger partial charge in [0.2, 0.25) is 0 Å². The lowest BCUT2D eigenvalue weighted by Crippen LogP contribution is -2.25. The summed E-state index contributed by atoms with van der Waals surface area (Å²) in [5.41, 5.74) is 1.91. The van der Waals surface area contributed by atoms with Crippen molar-refractivity contribution in [1.29, 1.82) is 0 Å². The highest BCUT2D eigenvalue weighted by molar-refractivity contribution is 5.71. The van der Waals surface area contributed by atoms with E-state index in [4.69, 9.17) is 14.5 Å². The summed E-state index contributed by atoms with van der Waals surface area (Å²) in [6.07, 6.45) is 7.56. The van der Waals surface area contributed by atoms with Crippen LogP contribution in [0.2, 0.25) is 0 Å². The van der Waals surface area contributed by atoms with Crippen LogP contribution in [0.5, 0.6) is 0 Å². The minimum absolute atomic E-state index is 0.0792. The highest BCUT2D eigenvalue weighted by atomic mass is 16.5. The van der Waals surface area contributed by atoms with Gasteiger partial charge in [-0.3, -0.25) is 4.57 Å². The zero-order valence-electron chi connectivity index (χ0n) is 12.2. The maximum Gasteiger partial charge on any atom is 0.162 e. The van der Waals surface area contributed by atoms with Crippen LogP contribution in [-0.2, 0) is 9.47 Å². The molecule has 21 heavy (non-hydrogen) atoms. The molecule has 112 valence electrons. The highest BCUT2D eigenvalue weighted by Crippen LogP contribution is 2.33. The van der Waals surface area contributed by atoms with Gasteiger partial charge in [-0.2, -0.15) is 0 Å². The summed E-state index contributed by atoms with van der Waals surface area (Å²) in [7, 11) is 0. The summed E-state index contributed by atoms with van der Waals surface area (Å²) in [6, 6.07) is 3.98. The topological polar surface area (TPSA) is 49.2 Å². The molecule has 0 spiro atoms. The number of hydrogen-bond acceptors (Lipinski definition) is 4. The Balaban J connectivity index is 1.79. The number of ether oxygens (including phenoxy) is 2. The summed E-state index contributed by atoms with van der Waals surface area (Å²) in [6.45, 7) is 2.46. The van der Waals surface area contributed by atoms with Crippen molar-refractivity contribution >= 4 is 11.2 Å². The van der Waals surface area contributed by atoms with Gasteiger partial charge in [0.1, 0.15) is 17.6 Å². The Labute approximate surface area is 124 Å². The van der Waals surface area contributed by atoms with E-state index in [9.17, 15) is 0 Å². The van der Waals surface area contributed by atoms with Crippen LogP contribution >= 0.6 is 0 Å². The Bertz CT molecular complexity index is 613. The molecular weight excluding hydrogens is 266 g/mol. The molecular formula is C16H21N3O2. The van der Waals surface area contributed by atoms with Crippen LogP contribution in [0.25, 0.3) is 11.2 Å². The van der Waals surface area contributed by atoms with Gasteiger partial charge in [-0.05, 0) is 44.2 Å². The Morgan fingerprint density at radius 1 is 1.14 bits per heavy atom. The summed E-state index contributed by atoms with van der Waals surface area (Å²) in [4.78, 5) is 9.40. The average Bonchev–Trinajstić information content (AvgIpc) is 2.96. The van der Waals surface area contributed by atoms with Crippen molar-refractivity contribution in [3.05, 3.63) is 24.2 Å². The largest absolute Gasteiger partial charge is 0.381 e. The summed E-state index contributed by atoms with van der Waals surface area (Å²) in [5, 5.41) is 0. The first-order chi connectivity index (χ1) is 10.4. The SMILES string of the molecule is c1cnc2c(c1)nc(C1CCCOC1)n2C1CCCCO1. The van der Waals surface area contributed by atoms with E-state index in [0.717, 1.165) is 62.5 Å². The van der Waals surface area contributed by atoms with Gasteiger partial charge in [-0.25, -0.2) is 9.97 Å². The van der Waals surface area contributed by atoms with Crippen molar-refractivity contribution in [2.45, 2.75) is 44.2 Å². The predicted octanol–water partition coefficient (Wildman–Crippen LogP) is 3.02. The fourth-order valence-corrected chi connectivity index (χ4v) is 3.39. The fourth-order valence-electron chi connectivity index (χ4n) is 3.39. The molecule has 2 atom stereocenters. The first kappa shape index (κ1) is 13.2. The number of aromatic nitrogens is 3. The second kappa shape index (κ2) is 5.73. The van der Waals surface area contributed by atoms with Gasteiger partial charge in [0.05, 0.1) is 6.61 Å². The standard InChI is InChI=1S/C16H21N3O2/c1-2-10-21-14(7-1)19-15(12-5-4-9-20-11-12)18-13-6-3-8-17-16(13)19/h3,6,8,12,14H,1-2,4-5,7,9-11H2. The molecule has 0 radical (unpaired) electrons. The molecule has 0 aliphatic carbocycles. The molecule has 2 fully saturated rings. The molecule has 0 N–H and O–H groups in total. The second-order valence-electron chi connectivity index (χ2n) is 5.92. The predicted molar refractivity (Wildman–Crippen MR) is 79.2 cm³/mol. The van der Waals surface area contributed by atoms with Crippen LogP contribution in [0.15, 0.2) is 18.3 Å². The zero-order chi connectivity index (χ0) is 14.1. The highest BCUT2D eigenvalue weighted by Gasteiger charge is 2.28. The third-order valence-electron chi connectivity index (χ3n) is 4.45. The van der Waals surface area contributed by atoms with Gasteiger partial charge in [-0.1, -0.05) is 0 Å². The molecule has 2 aliphatic heterocycles. The van der Waals surface area contributed by atoms with Crippen LogP contribution in [-0.4, -0.2) is 34.4 Å². The average molecular weight is 287 g/mol. The lowest BCUT2D eigenvalue weighted by Gasteiger charge is -2.29.